The number of hydrogen-bond acceptors (Lipinski definition) is 2. The van der Waals surface area contributed by atoms with Gasteiger partial charge in [-0.3, -0.25) is 0 Å². The lowest BCUT2D eigenvalue weighted by molar-refractivity contribution is 0.240. The summed E-state index contributed by atoms with van der Waals surface area (Å²) in [5.74, 6) is -1.33. The van der Waals surface area contributed by atoms with Gasteiger partial charge in [-0.2, -0.15) is 0 Å². The molecule has 4 heteroatoms. The standard InChI is InChI=1S/C12H17F2NO/c1-8(2)6-15-12(7-16)9-3-4-10(13)11(14)5-9/h3-5,8,12,15-16H,6-7H2,1-2H3. The lowest BCUT2D eigenvalue weighted by atomic mass is 10.1. The van der Waals surface area contributed by atoms with Crippen LogP contribution in [0.2, 0.25) is 0 Å². The lowest BCUT2D eigenvalue weighted by Crippen LogP contribution is -2.28. The second kappa shape index (κ2) is 5.92. The van der Waals surface area contributed by atoms with Gasteiger partial charge < -0.3 is 10.4 Å². The highest BCUT2D eigenvalue weighted by atomic mass is 19.2. The maximum Gasteiger partial charge on any atom is 0.159 e. The van der Waals surface area contributed by atoms with E-state index >= 15 is 0 Å². The summed E-state index contributed by atoms with van der Waals surface area (Å²) < 4.78 is 25.7. The Morgan fingerprint density at radius 2 is 1.94 bits per heavy atom. The first-order valence-electron chi connectivity index (χ1n) is 5.33. The summed E-state index contributed by atoms with van der Waals surface area (Å²) in [7, 11) is 0. The van der Waals surface area contributed by atoms with Crippen LogP contribution in [0.4, 0.5) is 8.78 Å². The smallest absolute Gasteiger partial charge is 0.159 e. The molecular weight excluding hydrogens is 212 g/mol. The van der Waals surface area contributed by atoms with Crippen LogP contribution >= 0.6 is 0 Å². The molecule has 0 bridgehead atoms. The minimum absolute atomic E-state index is 0.141. The van der Waals surface area contributed by atoms with Crippen LogP contribution in [0.1, 0.15) is 25.5 Å². The van der Waals surface area contributed by atoms with Crippen molar-refractivity contribution >= 4 is 0 Å². The summed E-state index contributed by atoms with van der Waals surface area (Å²) >= 11 is 0. The second-order valence-corrected chi connectivity index (χ2v) is 4.21. The van der Waals surface area contributed by atoms with Crippen molar-refractivity contribution in [1.82, 2.24) is 5.32 Å². The molecule has 0 spiro atoms. The number of aliphatic hydroxyl groups excluding tert-OH is 1. The zero-order valence-electron chi connectivity index (χ0n) is 9.50. The van der Waals surface area contributed by atoms with Crippen LogP contribution in [0.3, 0.4) is 0 Å². The number of halogens is 2. The largest absolute Gasteiger partial charge is 0.394 e. The molecule has 90 valence electrons. The Morgan fingerprint density at radius 1 is 1.25 bits per heavy atom. The molecule has 16 heavy (non-hydrogen) atoms. The SMILES string of the molecule is CC(C)CNC(CO)c1ccc(F)c(F)c1. The van der Waals surface area contributed by atoms with Crippen LogP contribution in [0, 0.1) is 17.6 Å². The minimum atomic E-state index is -0.887. The first-order valence-corrected chi connectivity index (χ1v) is 5.33. The highest BCUT2D eigenvalue weighted by Gasteiger charge is 2.12. The molecule has 1 rings (SSSR count). The molecule has 0 radical (unpaired) electrons. The second-order valence-electron chi connectivity index (χ2n) is 4.21. The molecule has 0 aromatic heterocycles. The van der Waals surface area contributed by atoms with E-state index in [-0.39, 0.29) is 12.6 Å². The van der Waals surface area contributed by atoms with E-state index in [0.717, 1.165) is 12.1 Å². The van der Waals surface area contributed by atoms with Gasteiger partial charge in [-0.1, -0.05) is 19.9 Å². The van der Waals surface area contributed by atoms with E-state index in [9.17, 15) is 13.9 Å². The van der Waals surface area contributed by atoms with Crippen LogP contribution in [0.15, 0.2) is 18.2 Å². The number of hydrogen-bond donors (Lipinski definition) is 2. The average molecular weight is 229 g/mol. The summed E-state index contributed by atoms with van der Waals surface area (Å²) in [5, 5.41) is 12.3. The molecule has 1 atom stereocenters. The molecule has 0 fully saturated rings. The van der Waals surface area contributed by atoms with Crippen molar-refractivity contribution in [1.29, 1.82) is 0 Å². The third kappa shape index (κ3) is 3.54. The van der Waals surface area contributed by atoms with Gasteiger partial charge in [0, 0.05) is 0 Å². The maximum atomic E-state index is 13.0. The highest BCUT2D eigenvalue weighted by Crippen LogP contribution is 2.16. The van der Waals surface area contributed by atoms with Crippen LogP contribution < -0.4 is 5.32 Å². The molecule has 1 aromatic rings. The fraction of sp³-hybridized carbons (Fsp3) is 0.500. The Labute approximate surface area is 94.3 Å². The minimum Gasteiger partial charge on any atom is -0.394 e. The molecule has 0 aliphatic rings. The first-order chi connectivity index (χ1) is 7.54. The van der Waals surface area contributed by atoms with Gasteiger partial charge in [-0.25, -0.2) is 8.78 Å². The van der Waals surface area contributed by atoms with Gasteiger partial charge in [0.15, 0.2) is 11.6 Å². The van der Waals surface area contributed by atoms with E-state index in [4.69, 9.17) is 0 Å². The van der Waals surface area contributed by atoms with Gasteiger partial charge in [-0.15, -0.1) is 0 Å². The van der Waals surface area contributed by atoms with E-state index in [1.165, 1.54) is 6.07 Å². The molecule has 0 heterocycles. The van der Waals surface area contributed by atoms with Crippen molar-refractivity contribution < 1.29 is 13.9 Å². The van der Waals surface area contributed by atoms with Crippen molar-refractivity contribution in [3.8, 4) is 0 Å². The topological polar surface area (TPSA) is 32.3 Å². The van der Waals surface area contributed by atoms with E-state index in [1.54, 1.807) is 0 Å². The zero-order chi connectivity index (χ0) is 12.1. The van der Waals surface area contributed by atoms with Crippen LogP contribution in [0.25, 0.3) is 0 Å². The Balaban J connectivity index is 2.74. The Morgan fingerprint density at radius 3 is 2.44 bits per heavy atom. The fourth-order valence-corrected chi connectivity index (χ4v) is 1.39. The van der Waals surface area contributed by atoms with Crippen molar-refractivity contribution in [2.45, 2.75) is 19.9 Å². The van der Waals surface area contributed by atoms with Gasteiger partial charge in [0.2, 0.25) is 0 Å². The molecular formula is C12H17F2NO. The number of rotatable bonds is 5. The molecule has 2 nitrogen and oxygen atoms in total. The van der Waals surface area contributed by atoms with Gasteiger partial charge in [-0.05, 0) is 30.2 Å². The third-order valence-corrected chi connectivity index (χ3v) is 2.30. The quantitative estimate of drug-likeness (QED) is 0.811. The molecule has 0 aliphatic heterocycles. The van der Waals surface area contributed by atoms with E-state index in [1.807, 2.05) is 13.8 Å². The third-order valence-electron chi connectivity index (χ3n) is 2.30. The van der Waals surface area contributed by atoms with Crippen molar-refractivity contribution in [3.05, 3.63) is 35.4 Å². The van der Waals surface area contributed by atoms with Gasteiger partial charge in [0.1, 0.15) is 0 Å². The number of nitrogens with one attached hydrogen (secondary N) is 1. The van der Waals surface area contributed by atoms with Gasteiger partial charge in [0.25, 0.3) is 0 Å². The molecule has 0 amide bonds. The van der Waals surface area contributed by atoms with Crippen molar-refractivity contribution in [2.24, 2.45) is 5.92 Å². The van der Waals surface area contributed by atoms with E-state index in [0.29, 0.717) is 18.0 Å². The number of aliphatic hydroxyl groups is 1. The maximum absolute atomic E-state index is 13.0. The summed E-state index contributed by atoms with van der Waals surface area (Å²) in [6.45, 7) is 4.64. The molecule has 2 N–H and O–H groups in total. The number of benzene rings is 1. The van der Waals surface area contributed by atoms with Crippen LogP contribution in [0.5, 0.6) is 0 Å². The summed E-state index contributed by atoms with van der Waals surface area (Å²) in [6, 6.07) is 3.32. The van der Waals surface area contributed by atoms with Crippen molar-refractivity contribution in [2.75, 3.05) is 13.2 Å². The van der Waals surface area contributed by atoms with Crippen LogP contribution in [-0.2, 0) is 0 Å². The predicted molar refractivity (Wildman–Crippen MR) is 59.0 cm³/mol. The predicted octanol–water partition coefficient (Wildman–Crippen LogP) is 2.24. The molecule has 1 aromatic carbocycles. The molecule has 0 saturated carbocycles. The molecule has 1 unspecified atom stereocenters. The van der Waals surface area contributed by atoms with Gasteiger partial charge >= 0.3 is 0 Å². The van der Waals surface area contributed by atoms with Crippen molar-refractivity contribution in [3.63, 3.8) is 0 Å². The normalized spacial score (nSPS) is 13.1. The summed E-state index contributed by atoms with van der Waals surface area (Å²) in [6.07, 6.45) is 0. The average Bonchev–Trinajstić information content (AvgIpc) is 2.23. The van der Waals surface area contributed by atoms with Crippen LogP contribution in [-0.4, -0.2) is 18.3 Å². The Bertz CT molecular complexity index is 342. The summed E-state index contributed by atoms with van der Waals surface area (Å²) in [5.41, 5.74) is 0.557. The highest BCUT2D eigenvalue weighted by molar-refractivity contribution is 5.21. The Hall–Kier alpha value is -1.00. The monoisotopic (exact) mass is 229 g/mol. The molecule has 0 aliphatic carbocycles. The zero-order valence-corrected chi connectivity index (χ0v) is 9.50. The first kappa shape index (κ1) is 13.1. The van der Waals surface area contributed by atoms with E-state index in [2.05, 4.69) is 5.32 Å². The fourth-order valence-electron chi connectivity index (χ4n) is 1.39. The Kier molecular flexibility index (Phi) is 4.83. The molecule has 0 saturated heterocycles. The lowest BCUT2D eigenvalue weighted by Gasteiger charge is -2.18. The van der Waals surface area contributed by atoms with Gasteiger partial charge in [0.05, 0.1) is 12.6 Å². The van der Waals surface area contributed by atoms with E-state index < -0.39 is 11.6 Å². The summed E-state index contributed by atoms with van der Waals surface area (Å²) in [4.78, 5) is 0.